The zero-order chi connectivity index (χ0) is 13.0. The molecule has 0 aromatic heterocycles. The smallest absolute Gasteiger partial charge is 0.338 e. The number of rotatable bonds is 4. The van der Waals surface area contributed by atoms with Crippen LogP contribution in [0.1, 0.15) is 33.5 Å². The van der Waals surface area contributed by atoms with Crippen LogP contribution < -0.4 is 0 Å². The summed E-state index contributed by atoms with van der Waals surface area (Å²) in [5.74, 6) is -1.23. The van der Waals surface area contributed by atoms with Gasteiger partial charge in [0.2, 0.25) is 0 Å². The number of aliphatic carboxylic acids is 1. The maximum absolute atomic E-state index is 11.5. The van der Waals surface area contributed by atoms with Gasteiger partial charge in [-0.2, -0.15) is 0 Å². The lowest BCUT2D eigenvalue weighted by molar-refractivity contribution is -0.136. The minimum absolute atomic E-state index is 0.0586. The molecule has 0 aliphatic rings. The van der Waals surface area contributed by atoms with Gasteiger partial charge in [0.25, 0.3) is 0 Å². The normalized spacial score (nSPS) is 10.1. The Morgan fingerprint density at radius 3 is 2.47 bits per heavy atom. The van der Waals surface area contributed by atoms with Crippen molar-refractivity contribution in [1.82, 2.24) is 0 Å². The first-order chi connectivity index (χ1) is 7.95. The van der Waals surface area contributed by atoms with Crippen molar-refractivity contribution in [3.05, 3.63) is 34.4 Å². The van der Waals surface area contributed by atoms with Crippen LogP contribution in [-0.2, 0) is 16.0 Å². The van der Waals surface area contributed by atoms with Gasteiger partial charge in [-0.15, -0.1) is 0 Å². The van der Waals surface area contributed by atoms with E-state index < -0.39 is 5.97 Å². The van der Waals surface area contributed by atoms with Crippen LogP contribution in [0.2, 0.25) is 0 Å². The van der Waals surface area contributed by atoms with E-state index in [1.807, 2.05) is 19.9 Å². The van der Waals surface area contributed by atoms with Crippen molar-refractivity contribution >= 4 is 11.9 Å². The lowest BCUT2D eigenvalue weighted by Crippen LogP contribution is -2.07. The highest BCUT2D eigenvalue weighted by Crippen LogP contribution is 2.18. The van der Waals surface area contributed by atoms with Crippen molar-refractivity contribution in [1.29, 1.82) is 0 Å². The standard InChI is InChI=1S/C13H16O4/c1-8-6-10(4-5-12(14)15)7-11(9(8)2)13(16)17-3/h6-7H,4-5H2,1-3H3,(H,14,15). The number of carboxylic acids is 1. The number of hydrogen-bond donors (Lipinski definition) is 1. The lowest BCUT2D eigenvalue weighted by atomic mass is 9.97. The summed E-state index contributed by atoms with van der Waals surface area (Å²) < 4.78 is 4.70. The summed E-state index contributed by atoms with van der Waals surface area (Å²) >= 11 is 0. The molecule has 92 valence electrons. The summed E-state index contributed by atoms with van der Waals surface area (Å²) in [5.41, 5.74) is 3.19. The fourth-order valence-corrected chi connectivity index (χ4v) is 1.65. The van der Waals surface area contributed by atoms with E-state index in [1.165, 1.54) is 7.11 Å². The van der Waals surface area contributed by atoms with E-state index in [9.17, 15) is 9.59 Å². The van der Waals surface area contributed by atoms with Crippen LogP contribution in [0.4, 0.5) is 0 Å². The Labute approximate surface area is 100 Å². The van der Waals surface area contributed by atoms with Crippen LogP contribution in [0.15, 0.2) is 12.1 Å². The van der Waals surface area contributed by atoms with E-state index in [0.29, 0.717) is 12.0 Å². The predicted octanol–water partition coefficient (Wildman–Crippen LogP) is 2.11. The molecule has 0 aliphatic heterocycles. The largest absolute Gasteiger partial charge is 0.481 e. The number of esters is 1. The third kappa shape index (κ3) is 3.31. The molecular formula is C13H16O4. The highest BCUT2D eigenvalue weighted by atomic mass is 16.5. The molecule has 0 bridgehead atoms. The molecule has 1 aromatic rings. The summed E-state index contributed by atoms with van der Waals surface area (Å²) in [6.07, 6.45) is 0.476. The van der Waals surface area contributed by atoms with Crippen LogP contribution in [0.5, 0.6) is 0 Å². The molecule has 0 amide bonds. The van der Waals surface area contributed by atoms with E-state index in [4.69, 9.17) is 9.84 Å². The molecule has 0 atom stereocenters. The Morgan fingerprint density at radius 1 is 1.29 bits per heavy atom. The first-order valence-corrected chi connectivity index (χ1v) is 5.36. The molecule has 0 fully saturated rings. The Bertz CT molecular complexity index is 449. The predicted molar refractivity (Wildman–Crippen MR) is 63.2 cm³/mol. The third-order valence-electron chi connectivity index (χ3n) is 2.76. The van der Waals surface area contributed by atoms with Gasteiger partial charge in [-0.3, -0.25) is 4.79 Å². The number of aryl methyl sites for hydroxylation is 2. The van der Waals surface area contributed by atoms with Gasteiger partial charge < -0.3 is 9.84 Å². The Kier molecular flexibility index (Phi) is 4.26. The first-order valence-electron chi connectivity index (χ1n) is 5.36. The Hall–Kier alpha value is -1.84. The van der Waals surface area contributed by atoms with Gasteiger partial charge >= 0.3 is 11.9 Å². The zero-order valence-electron chi connectivity index (χ0n) is 10.2. The average molecular weight is 236 g/mol. The quantitative estimate of drug-likeness (QED) is 0.813. The molecule has 0 heterocycles. The minimum atomic E-state index is -0.845. The van der Waals surface area contributed by atoms with Crippen LogP contribution in [0.25, 0.3) is 0 Å². The van der Waals surface area contributed by atoms with E-state index >= 15 is 0 Å². The molecular weight excluding hydrogens is 220 g/mol. The van der Waals surface area contributed by atoms with Crippen molar-refractivity contribution in [2.24, 2.45) is 0 Å². The lowest BCUT2D eigenvalue weighted by Gasteiger charge is -2.10. The van der Waals surface area contributed by atoms with Gasteiger partial charge in [-0.25, -0.2) is 4.79 Å². The second-order valence-corrected chi connectivity index (χ2v) is 3.97. The van der Waals surface area contributed by atoms with Crippen molar-refractivity contribution in [3.63, 3.8) is 0 Å². The molecule has 1 rings (SSSR count). The van der Waals surface area contributed by atoms with Crippen molar-refractivity contribution in [3.8, 4) is 0 Å². The van der Waals surface area contributed by atoms with E-state index in [1.54, 1.807) is 6.07 Å². The SMILES string of the molecule is COC(=O)c1cc(CCC(=O)O)cc(C)c1C. The molecule has 4 nitrogen and oxygen atoms in total. The number of carbonyl (C=O) groups is 2. The minimum Gasteiger partial charge on any atom is -0.481 e. The molecule has 0 saturated heterocycles. The fraction of sp³-hybridized carbons (Fsp3) is 0.385. The van der Waals surface area contributed by atoms with Crippen molar-refractivity contribution < 1.29 is 19.4 Å². The molecule has 4 heteroatoms. The van der Waals surface area contributed by atoms with Crippen LogP contribution >= 0.6 is 0 Å². The maximum Gasteiger partial charge on any atom is 0.338 e. The molecule has 0 spiro atoms. The second-order valence-electron chi connectivity index (χ2n) is 3.97. The van der Waals surface area contributed by atoms with E-state index in [2.05, 4.69) is 0 Å². The summed E-state index contributed by atoms with van der Waals surface area (Å²) in [4.78, 5) is 22.0. The topological polar surface area (TPSA) is 63.6 Å². The zero-order valence-corrected chi connectivity index (χ0v) is 10.2. The summed E-state index contributed by atoms with van der Waals surface area (Å²) in [6, 6.07) is 3.61. The number of carbonyl (C=O) groups excluding carboxylic acids is 1. The molecule has 0 unspecified atom stereocenters. The third-order valence-corrected chi connectivity index (χ3v) is 2.76. The number of hydrogen-bond acceptors (Lipinski definition) is 3. The summed E-state index contributed by atoms with van der Waals surface area (Å²) in [5, 5.41) is 8.63. The highest BCUT2D eigenvalue weighted by Gasteiger charge is 2.12. The number of benzene rings is 1. The van der Waals surface area contributed by atoms with Gasteiger partial charge in [-0.05, 0) is 43.0 Å². The highest BCUT2D eigenvalue weighted by molar-refractivity contribution is 5.91. The number of ether oxygens (including phenoxy) is 1. The summed E-state index contributed by atoms with van der Waals surface area (Å²) in [7, 11) is 1.33. The molecule has 17 heavy (non-hydrogen) atoms. The van der Waals surface area contributed by atoms with Gasteiger partial charge in [-0.1, -0.05) is 6.07 Å². The summed E-state index contributed by atoms with van der Waals surface area (Å²) in [6.45, 7) is 3.74. The van der Waals surface area contributed by atoms with Crippen molar-refractivity contribution in [2.75, 3.05) is 7.11 Å². The van der Waals surface area contributed by atoms with Gasteiger partial charge in [0.05, 0.1) is 12.7 Å². The second kappa shape index (κ2) is 5.48. The van der Waals surface area contributed by atoms with Crippen LogP contribution in [0.3, 0.4) is 0 Å². The van der Waals surface area contributed by atoms with Gasteiger partial charge in [0.15, 0.2) is 0 Å². The number of carboxylic acid groups (broad SMARTS) is 1. The molecule has 0 aliphatic carbocycles. The van der Waals surface area contributed by atoms with Crippen LogP contribution in [0, 0.1) is 13.8 Å². The molecule has 0 radical (unpaired) electrons. The Balaban J connectivity index is 3.05. The fourth-order valence-electron chi connectivity index (χ4n) is 1.65. The van der Waals surface area contributed by atoms with Crippen molar-refractivity contribution in [2.45, 2.75) is 26.7 Å². The van der Waals surface area contributed by atoms with Gasteiger partial charge in [0.1, 0.15) is 0 Å². The van der Waals surface area contributed by atoms with Gasteiger partial charge in [0, 0.05) is 6.42 Å². The monoisotopic (exact) mass is 236 g/mol. The van der Waals surface area contributed by atoms with E-state index in [0.717, 1.165) is 16.7 Å². The average Bonchev–Trinajstić information content (AvgIpc) is 2.29. The van der Waals surface area contributed by atoms with Crippen LogP contribution in [-0.4, -0.2) is 24.2 Å². The molecule has 1 aromatic carbocycles. The molecule has 1 N–H and O–H groups in total. The number of methoxy groups -OCH3 is 1. The maximum atomic E-state index is 11.5. The molecule has 0 saturated carbocycles. The Morgan fingerprint density at radius 2 is 1.94 bits per heavy atom. The van der Waals surface area contributed by atoms with E-state index in [-0.39, 0.29) is 12.4 Å². The first kappa shape index (κ1) is 13.2.